The van der Waals surface area contributed by atoms with Gasteiger partial charge < -0.3 is 4.74 Å². The molecule has 12 heavy (non-hydrogen) atoms. The second kappa shape index (κ2) is 5.80. The third-order valence-corrected chi connectivity index (χ3v) is 3.80. The molecule has 0 aliphatic rings. The molecular weight excluding hydrogens is 378 g/mol. The van der Waals surface area contributed by atoms with Gasteiger partial charge in [-0.05, 0) is 38.8 Å². The van der Waals surface area contributed by atoms with Crippen LogP contribution in [0.25, 0.3) is 0 Å². The van der Waals surface area contributed by atoms with Crippen LogP contribution in [0.4, 0.5) is 0 Å². The van der Waals surface area contributed by atoms with E-state index in [1.165, 1.54) is 3.58 Å². The first-order valence-electron chi connectivity index (χ1n) is 3.45. The maximum atomic E-state index is 5.48. The van der Waals surface area contributed by atoms with Gasteiger partial charge in [0.05, 0.1) is 0 Å². The van der Waals surface area contributed by atoms with Gasteiger partial charge >= 0.3 is 0 Å². The van der Waals surface area contributed by atoms with Crippen molar-refractivity contribution >= 4 is 45.2 Å². The molecule has 0 bridgehead atoms. The van der Waals surface area contributed by atoms with Crippen LogP contribution in [0.1, 0.15) is 0 Å². The molecule has 1 aromatic carbocycles. The van der Waals surface area contributed by atoms with Gasteiger partial charge in [0.15, 0.2) is 0 Å². The Morgan fingerprint density at radius 3 is 2.58 bits per heavy atom. The van der Waals surface area contributed by atoms with Crippen molar-refractivity contribution in [2.75, 3.05) is 6.61 Å². The van der Waals surface area contributed by atoms with Crippen LogP contribution in [0.2, 0.25) is 0 Å². The van der Waals surface area contributed by atoms with Crippen molar-refractivity contribution in [2.24, 2.45) is 0 Å². The van der Waals surface area contributed by atoms with Gasteiger partial charge in [-0.2, -0.15) is 0 Å². The van der Waals surface area contributed by atoms with E-state index in [1.54, 1.807) is 0 Å². The van der Waals surface area contributed by atoms with Crippen molar-refractivity contribution in [2.45, 2.75) is 0 Å². The van der Waals surface area contributed by atoms with Crippen LogP contribution >= 0.6 is 45.2 Å². The van der Waals surface area contributed by atoms with Crippen molar-refractivity contribution in [1.82, 2.24) is 0 Å². The highest BCUT2D eigenvalue weighted by atomic mass is 127. The van der Waals surface area contributed by atoms with Crippen LogP contribution in [0.15, 0.2) is 38.0 Å². The molecule has 0 saturated carbocycles. The predicted octanol–water partition coefficient (Wildman–Crippen LogP) is 3.78. The first-order chi connectivity index (χ1) is 5.83. The molecule has 0 saturated heterocycles. The minimum atomic E-state index is 0.660. The quantitative estimate of drug-likeness (QED) is 0.719. The summed E-state index contributed by atoms with van der Waals surface area (Å²) in [7, 11) is 0. The fourth-order valence-electron chi connectivity index (χ4n) is 0.700. The van der Waals surface area contributed by atoms with Gasteiger partial charge in [-0.15, -0.1) is 0 Å². The van der Waals surface area contributed by atoms with E-state index in [0.29, 0.717) is 6.61 Å². The van der Waals surface area contributed by atoms with E-state index in [0.717, 1.165) is 5.75 Å². The number of hydrogen-bond acceptors (Lipinski definition) is 1. The lowest BCUT2D eigenvalue weighted by Crippen LogP contribution is -1.95. The fraction of sp³-hybridized carbons (Fsp3) is 0.111. The molecule has 0 atom stereocenters. The summed E-state index contributed by atoms with van der Waals surface area (Å²) in [5.74, 6) is 0.921. The SMILES string of the molecule is I/C=C(/I)COc1ccccc1. The summed E-state index contributed by atoms with van der Waals surface area (Å²) in [5.41, 5.74) is 0. The monoisotopic (exact) mass is 386 g/mol. The lowest BCUT2D eigenvalue weighted by Gasteiger charge is -2.03. The second-order valence-electron chi connectivity index (χ2n) is 2.16. The highest BCUT2D eigenvalue weighted by molar-refractivity contribution is 14.1. The van der Waals surface area contributed by atoms with Crippen LogP contribution in [-0.4, -0.2) is 6.61 Å². The van der Waals surface area contributed by atoms with E-state index in [2.05, 4.69) is 45.2 Å². The summed E-state index contributed by atoms with van der Waals surface area (Å²) >= 11 is 4.47. The van der Waals surface area contributed by atoms with Gasteiger partial charge in [-0.1, -0.05) is 40.8 Å². The lowest BCUT2D eigenvalue weighted by molar-refractivity contribution is 0.362. The van der Waals surface area contributed by atoms with Gasteiger partial charge in [0, 0.05) is 3.58 Å². The zero-order valence-electron chi connectivity index (χ0n) is 6.34. The Morgan fingerprint density at radius 2 is 2.00 bits per heavy atom. The molecule has 0 aliphatic heterocycles. The maximum absolute atomic E-state index is 5.48. The molecule has 1 rings (SSSR count). The number of para-hydroxylation sites is 1. The summed E-state index contributed by atoms with van der Waals surface area (Å²) in [6, 6.07) is 9.83. The Labute approximate surface area is 99.5 Å². The summed E-state index contributed by atoms with van der Waals surface area (Å²) in [6.45, 7) is 0.660. The molecule has 1 nitrogen and oxygen atoms in total. The van der Waals surface area contributed by atoms with Crippen molar-refractivity contribution in [1.29, 1.82) is 0 Å². The second-order valence-corrected chi connectivity index (χ2v) is 4.17. The Balaban J connectivity index is 2.44. The first-order valence-corrected chi connectivity index (χ1v) is 5.78. The highest BCUT2D eigenvalue weighted by Gasteiger charge is 1.92. The molecule has 64 valence electrons. The van der Waals surface area contributed by atoms with Gasteiger partial charge in [0.2, 0.25) is 0 Å². The molecule has 0 aromatic heterocycles. The van der Waals surface area contributed by atoms with E-state index in [-0.39, 0.29) is 0 Å². The summed E-state index contributed by atoms with van der Waals surface area (Å²) < 4.78 is 8.70. The number of halogens is 2. The Kier molecular flexibility index (Phi) is 4.98. The maximum Gasteiger partial charge on any atom is 0.119 e. The summed E-state index contributed by atoms with van der Waals surface area (Å²) in [4.78, 5) is 0. The lowest BCUT2D eigenvalue weighted by atomic mass is 10.3. The van der Waals surface area contributed by atoms with Crippen molar-refractivity contribution in [3.8, 4) is 5.75 Å². The van der Waals surface area contributed by atoms with Crippen molar-refractivity contribution < 1.29 is 4.74 Å². The number of hydrogen-bond donors (Lipinski definition) is 0. The van der Waals surface area contributed by atoms with E-state index in [9.17, 15) is 0 Å². The van der Waals surface area contributed by atoms with E-state index in [1.807, 2.05) is 34.4 Å². The standard InChI is InChI=1S/C9H8I2O/c10-6-8(11)7-12-9-4-2-1-3-5-9/h1-6H,7H2/b8-6+. The van der Waals surface area contributed by atoms with Gasteiger partial charge in [0.25, 0.3) is 0 Å². The first kappa shape index (κ1) is 10.3. The molecule has 0 amide bonds. The normalized spacial score (nSPS) is 11.3. The average molecular weight is 386 g/mol. The molecule has 3 heteroatoms. The summed E-state index contributed by atoms with van der Waals surface area (Å²) in [6.07, 6.45) is 0. The molecule has 0 radical (unpaired) electrons. The number of benzene rings is 1. The van der Waals surface area contributed by atoms with Crippen molar-refractivity contribution in [3.05, 3.63) is 38.0 Å². The Morgan fingerprint density at radius 1 is 1.33 bits per heavy atom. The Hall–Kier alpha value is 0.220. The zero-order valence-corrected chi connectivity index (χ0v) is 10.7. The molecule has 0 N–H and O–H groups in total. The highest BCUT2D eigenvalue weighted by Crippen LogP contribution is 2.13. The zero-order chi connectivity index (χ0) is 8.81. The van der Waals surface area contributed by atoms with Gasteiger partial charge in [-0.3, -0.25) is 0 Å². The molecule has 0 spiro atoms. The predicted molar refractivity (Wildman–Crippen MR) is 68.1 cm³/mol. The number of ether oxygens (including phenoxy) is 1. The van der Waals surface area contributed by atoms with Crippen molar-refractivity contribution in [3.63, 3.8) is 0 Å². The van der Waals surface area contributed by atoms with Gasteiger partial charge in [-0.25, -0.2) is 0 Å². The molecular formula is C9H8I2O. The fourth-order valence-corrected chi connectivity index (χ4v) is 1.04. The van der Waals surface area contributed by atoms with Crippen LogP contribution < -0.4 is 4.74 Å². The van der Waals surface area contributed by atoms with E-state index in [4.69, 9.17) is 4.74 Å². The van der Waals surface area contributed by atoms with E-state index >= 15 is 0 Å². The molecule has 0 fully saturated rings. The average Bonchev–Trinajstić information content (AvgIpc) is 2.16. The largest absolute Gasteiger partial charge is 0.488 e. The third kappa shape index (κ3) is 3.75. The molecule has 0 unspecified atom stereocenters. The molecule has 1 aromatic rings. The minimum Gasteiger partial charge on any atom is -0.488 e. The Bertz CT molecular complexity index is 256. The van der Waals surface area contributed by atoms with Crippen LogP contribution in [0, 0.1) is 0 Å². The van der Waals surface area contributed by atoms with Crippen LogP contribution in [0.5, 0.6) is 5.75 Å². The van der Waals surface area contributed by atoms with Gasteiger partial charge in [0.1, 0.15) is 12.4 Å². The third-order valence-electron chi connectivity index (χ3n) is 1.24. The topological polar surface area (TPSA) is 9.23 Å². The van der Waals surface area contributed by atoms with E-state index < -0.39 is 0 Å². The van der Waals surface area contributed by atoms with Crippen LogP contribution in [-0.2, 0) is 0 Å². The number of rotatable bonds is 3. The smallest absolute Gasteiger partial charge is 0.119 e. The minimum absolute atomic E-state index is 0.660. The molecule has 0 aliphatic carbocycles. The summed E-state index contributed by atoms with van der Waals surface area (Å²) in [5, 5.41) is 0. The molecule has 0 heterocycles. The van der Waals surface area contributed by atoms with Crippen LogP contribution in [0.3, 0.4) is 0 Å².